The summed E-state index contributed by atoms with van der Waals surface area (Å²) in [7, 11) is 0. The number of amides is 1. The first-order valence-corrected chi connectivity index (χ1v) is 9.20. The minimum Gasteiger partial charge on any atom is -0.348 e. The number of benzene rings is 2. The molecular weight excluding hydrogens is 384 g/mol. The van der Waals surface area contributed by atoms with Crippen molar-refractivity contribution in [3.8, 4) is 5.69 Å². The number of nitrogens with one attached hydrogen (secondary N) is 1. The molecule has 4 rings (SSSR count). The Balaban J connectivity index is 1.38. The Morgan fingerprint density at radius 1 is 1.13 bits per heavy atom. The Kier molecular flexibility index (Phi) is 5.33. The minimum atomic E-state index is -0.462. The van der Waals surface area contributed by atoms with Gasteiger partial charge in [0.05, 0.1) is 28.7 Å². The van der Waals surface area contributed by atoms with Crippen LogP contribution >= 0.6 is 0 Å². The molecule has 0 unspecified atom stereocenters. The molecular formula is C21H18N6O3. The van der Waals surface area contributed by atoms with Crippen molar-refractivity contribution in [3.05, 3.63) is 106 Å². The molecule has 0 bridgehead atoms. The second-order valence-electron chi connectivity index (χ2n) is 6.68. The van der Waals surface area contributed by atoms with Crippen molar-refractivity contribution in [2.75, 3.05) is 0 Å². The third kappa shape index (κ3) is 4.41. The lowest BCUT2D eigenvalue weighted by Gasteiger charge is -2.07. The second-order valence-corrected chi connectivity index (χ2v) is 6.68. The summed E-state index contributed by atoms with van der Waals surface area (Å²) in [6, 6.07) is 13.9. The zero-order valence-electron chi connectivity index (χ0n) is 15.9. The molecule has 4 aromatic rings. The quantitative estimate of drug-likeness (QED) is 0.378. The number of nitro groups is 1. The van der Waals surface area contributed by atoms with Crippen molar-refractivity contribution >= 4 is 11.6 Å². The number of hydrogen-bond acceptors (Lipinski definition) is 5. The monoisotopic (exact) mass is 402 g/mol. The van der Waals surface area contributed by atoms with Gasteiger partial charge in [-0.2, -0.15) is 5.10 Å². The molecule has 0 saturated carbocycles. The Labute approximate surface area is 171 Å². The number of carbonyl (C=O) groups is 1. The lowest BCUT2D eigenvalue weighted by molar-refractivity contribution is -0.384. The Hall–Kier alpha value is -4.27. The molecule has 9 nitrogen and oxygen atoms in total. The maximum Gasteiger partial charge on any atom is 0.269 e. The average molecular weight is 402 g/mol. The molecule has 150 valence electrons. The van der Waals surface area contributed by atoms with Crippen LogP contribution in [0.5, 0.6) is 0 Å². The molecule has 2 heterocycles. The molecule has 2 aromatic carbocycles. The van der Waals surface area contributed by atoms with Crippen LogP contribution in [0.25, 0.3) is 5.69 Å². The summed E-state index contributed by atoms with van der Waals surface area (Å²) < 4.78 is 3.48. The highest BCUT2D eigenvalue weighted by Crippen LogP contribution is 2.15. The van der Waals surface area contributed by atoms with Gasteiger partial charge in [0, 0.05) is 43.8 Å². The fraction of sp³-hybridized carbons (Fsp3) is 0.0952. The van der Waals surface area contributed by atoms with Gasteiger partial charge in [-0.25, -0.2) is 9.67 Å². The third-order valence-electron chi connectivity index (χ3n) is 4.54. The lowest BCUT2D eigenvalue weighted by Crippen LogP contribution is -2.22. The Morgan fingerprint density at radius 3 is 2.67 bits per heavy atom. The van der Waals surface area contributed by atoms with Crippen molar-refractivity contribution in [2.24, 2.45) is 0 Å². The summed E-state index contributed by atoms with van der Waals surface area (Å²) in [6.07, 6.45) is 8.45. The van der Waals surface area contributed by atoms with Gasteiger partial charge in [-0.15, -0.1) is 0 Å². The van der Waals surface area contributed by atoms with E-state index < -0.39 is 4.92 Å². The van der Waals surface area contributed by atoms with Gasteiger partial charge >= 0.3 is 0 Å². The van der Waals surface area contributed by atoms with E-state index in [0.29, 0.717) is 24.3 Å². The largest absolute Gasteiger partial charge is 0.348 e. The zero-order chi connectivity index (χ0) is 20.9. The number of nitrogens with zero attached hydrogens (tertiary/aromatic N) is 5. The third-order valence-corrected chi connectivity index (χ3v) is 4.54. The molecule has 0 saturated heterocycles. The van der Waals surface area contributed by atoms with Crippen molar-refractivity contribution in [1.29, 1.82) is 0 Å². The van der Waals surface area contributed by atoms with Crippen LogP contribution in [0.3, 0.4) is 0 Å². The van der Waals surface area contributed by atoms with Crippen LogP contribution in [0.2, 0.25) is 0 Å². The molecule has 0 spiro atoms. The van der Waals surface area contributed by atoms with E-state index in [-0.39, 0.29) is 11.6 Å². The average Bonchev–Trinajstić information content (AvgIpc) is 3.45. The van der Waals surface area contributed by atoms with Gasteiger partial charge in [0.1, 0.15) is 0 Å². The summed E-state index contributed by atoms with van der Waals surface area (Å²) in [5.41, 5.74) is 3.14. The van der Waals surface area contributed by atoms with Gasteiger partial charge in [0.25, 0.3) is 11.6 Å². The summed E-state index contributed by atoms with van der Waals surface area (Å²) in [4.78, 5) is 26.8. The molecule has 0 aliphatic rings. The molecule has 0 atom stereocenters. The highest BCUT2D eigenvalue weighted by molar-refractivity contribution is 5.93. The van der Waals surface area contributed by atoms with Gasteiger partial charge in [-0.3, -0.25) is 14.9 Å². The number of carbonyl (C=O) groups excluding carboxylic acids is 1. The topological polar surface area (TPSA) is 108 Å². The second kappa shape index (κ2) is 8.39. The number of non-ortho nitro benzene ring substituents is 1. The highest BCUT2D eigenvalue weighted by Gasteiger charge is 2.11. The highest BCUT2D eigenvalue weighted by atomic mass is 16.6. The van der Waals surface area contributed by atoms with E-state index in [9.17, 15) is 14.9 Å². The van der Waals surface area contributed by atoms with Crippen LogP contribution in [0, 0.1) is 10.1 Å². The molecule has 1 amide bonds. The lowest BCUT2D eigenvalue weighted by atomic mass is 10.1. The number of nitro benzene ring substituents is 1. The number of rotatable bonds is 7. The first kappa shape index (κ1) is 19.1. The zero-order valence-corrected chi connectivity index (χ0v) is 15.9. The van der Waals surface area contributed by atoms with E-state index in [1.807, 2.05) is 35.0 Å². The van der Waals surface area contributed by atoms with Crippen LogP contribution in [-0.4, -0.2) is 30.2 Å². The Bertz CT molecular complexity index is 1170. The van der Waals surface area contributed by atoms with Crippen molar-refractivity contribution in [3.63, 3.8) is 0 Å². The molecule has 0 aliphatic carbocycles. The number of aromatic nitrogens is 4. The maximum atomic E-state index is 12.5. The Morgan fingerprint density at radius 2 is 1.93 bits per heavy atom. The fourth-order valence-electron chi connectivity index (χ4n) is 3.02. The van der Waals surface area contributed by atoms with Gasteiger partial charge in [-0.1, -0.05) is 24.3 Å². The summed E-state index contributed by atoms with van der Waals surface area (Å²) in [6.45, 7) is 1.10. The van der Waals surface area contributed by atoms with Crippen LogP contribution < -0.4 is 5.32 Å². The van der Waals surface area contributed by atoms with Gasteiger partial charge in [0.2, 0.25) is 0 Å². The van der Waals surface area contributed by atoms with Crippen LogP contribution in [0.15, 0.2) is 79.6 Å². The van der Waals surface area contributed by atoms with Gasteiger partial charge in [0.15, 0.2) is 0 Å². The molecule has 0 fully saturated rings. The van der Waals surface area contributed by atoms with Crippen LogP contribution in [0.1, 0.15) is 21.5 Å². The SMILES string of the molecule is O=C(NCc1cccc(Cn2ccnc2)c1)c1cnn(-c2ccc([N+](=O)[O-])cc2)c1. The number of hydrogen-bond donors (Lipinski definition) is 1. The van der Waals surface area contributed by atoms with E-state index in [1.54, 1.807) is 30.9 Å². The maximum absolute atomic E-state index is 12.5. The van der Waals surface area contributed by atoms with E-state index in [0.717, 1.165) is 11.1 Å². The summed E-state index contributed by atoms with van der Waals surface area (Å²) in [5, 5.41) is 17.8. The summed E-state index contributed by atoms with van der Waals surface area (Å²) in [5.74, 6) is -0.247. The van der Waals surface area contributed by atoms with Crippen molar-refractivity contribution < 1.29 is 9.72 Å². The molecule has 9 heteroatoms. The van der Waals surface area contributed by atoms with E-state index in [4.69, 9.17) is 0 Å². The van der Waals surface area contributed by atoms with Crippen molar-refractivity contribution in [1.82, 2.24) is 24.6 Å². The predicted molar refractivity (Wildman–Crippen MR) is 109 cm³/mol. The molecule has 2 aromatic heterocycles. The number of imidazole rings is 1. The van der Waals surface area contributed by atoms with Gasteiger partial charge in [-0.05, 0) is 23.3 Å². The van der Waals surface area contributed by atoms with E-state index >= 15 is 0 Å². The van der Waals surface area contributed by atoms with E-state index in [2.05, 4.69) is 15.4 Å². The first-order chi connectivity index (χ1) is 14.6. The minimum absolute atomic E-state index is 0.000795. The molecule has 1 N–H and O–H groups in total. The van der Waals surface area contributed by atoms with Gasteiger partial charge < -0.3 is 9.88 Å². The smallest absolute Gasteiger partial charge is 0.269 e. The molecule has 30 heavy (non-hydrogen) atoms. The normalized spacial score (nSPS) is 10.7. The van der Waals surface area contributed by atoms with Crippen LogP contribution in [-0.2, 0) is 13.1 Å². The standard InChI is InChI=1S/C21H18N6O3/c28-21(18-12-24-26(14-18)19-4-6-20(7-5-19)27(29)30)23-11-16-2-1-3-17(10-16)13-25-9-8-22-15-25/h1-10,12,14-15H,11,13H2,(H,23,28). The summed E-state index contributed by atoms with van der Waals surface area (Å²) >= 11 is 0. The van der Waals surface area contributed by atoms with E-state index in [1.165, 1.54) is 23.0 Å². The first-order valence-electron chi connectivity index (χ1n) is 9.20. The van der Waals surface area contributed by atoms with Crippen molar-refractivity contribution in [2.45, 2.75) is 13.1 Å². The predicted octanol–water partition coefficient (Wildman–Crippen LogP) is 2.96. The molecule has 0 aliphatic heterocycles. The fourth-order valence-corrected chi connectivity index (χ4v) is 3.02. The molecule has 0 radical (unpaired) electrons. The van der Waals surface area contributed by atoms with Crippen LogP contribution in [0.4, 0.5) is 5.69 Å².